The van der Waals surface area contributed by atoms with Gasteiger partial charge in [0.25, 0.3) is 0 Å². The number of hydrogen-bond donors (Lipinski definition) is 1. The van der Waals surface area contributed by atoms with Crippen molar-refractivity contribution in [3.8, 4) is 5.75 Å². The highest BCUT2D eigenvalue weighted by molar-refractivity contribution is 9.10. The molecule has 0 radical (unpaired) electrons. The Morgan fingerprint density at radius 1 is 1.26 bits per heavy atom. The van der Waals surface area contributed by atoms with Gasteiger partial charge < -0.3 is 10.1 Å². The molecule has 1 aromatic rings. The third-order valence-corrected chi connectivity index (χ3v) is 4.89. The molecule has 0 aliphatic carbocycles. The molecule has 0 unspecified atom stereocenters. The Morgan fingerprint density at radius 3 is 2.43 bits per heavy atom. The number of carbonyl (C=O) groups is 1. The van der Waals surface area contributed by atoms with Gasteiger partial charge in [-0.1, -0.05) is 6.07 Å². The topological polar surface area (TPSA) is 38.3 Å². The highest BCUT2D eigenvalue weighted by atomic mass is 79.9. The molecule has 1 saturated heterocycles. The van der Waals surface area contributed by atoms with Gasteiger partial charge in [-0.15, -0.1) is 0 Å². The van der Waals surface area contributed by atoms with Crippen LogP contribution < -0.4 is 10.1 Å². The van der Waals surface area contributed by atoms with E-state index in [1.807, 2.05) is 25.1 Å². The second kappa shape index (κ2) is 6.94. The standard InChI is InChI=1S/C19H28BrNO2/c1-13-6-7-17(16(20)8-13)23-12-15(22)9-14-10-18(2,3)21-19(4,5)11-14/h6-8,14,21H,9-12H2,1-5H3. The number of nitrogens with one attached hydrogen (secondary N) is 1. The maximum absolute atomic E-state index is 12.3. The van der Waals surface area contributed by atoms with Crippen molar-refractivity contribution in [2.45, 2.75) is 65.0 Å². The van der Waals surface area contributed by atoms with E-state index in [-0.39, 0.29) is 23.5 Å². The first kappa shape index (κ1) is 18.5. The van der Waals surface area contributed by atoms with Crippen LogP contribution >= 0.6 is 15.9 Å². The van der Waals surface area contributed by atoms with Gasteiger partial charge in [0, 0.05) is 17.5 Å². The second-order valence-corrected chi connectivity index (χ2v) is 8.99. The average molecular weight is 382 g/mol. The molecule has 0 saturated carbocycles. The third kappa shape index (κ3) is 5.61. The summed E-state index contributed by atoms with van der Waals surface area (Å²) in [5.41, 5.74) is 1.32. The number of benzene rings is 1. The van der Waals surface area contributed by atoms with Crippen LogP contribution in [0.1, 0.15) is 52.5 Å². The van der Waals surface area contributed by atoms with Crippen molar-refractivity contribution in [2.24, 2.45) is 5.92 Å². The van der Waals surface area contributed by atoms with Gasteiger partial charge in [0.15, 0.2) is 5.78 Å². The molecule has 2 rings (SSSR count). The molecule has 3 nitrogen and oxygen atoms in total. The van der Waals surface area contributed by atoms with Crippen LogP contribution in [0.15, 0.2) is 22.7 Å². The fourth-order valence-corrected chi connectivity index (χ4v) is 4.55. The van der Waals surface area contributed by atoms with Crippen LogP contribution in [0.5, 0.6) is 5.75 Å². The summed E-state index contributed by atoms with van der Waals surface area (Å²) in [6.45, 7) is 11.0. The van der Waals surface area contributed by atoms with Gasteiger partial charge >= 0.3 is 0 Å². The fraction of sp³-hybridized carbons (Fsp3) is 0.632. The van der Waals surface area contributed by atoms with E-state index < -0.39 is 0 Å². The molecule has 23 heavy (non-hydrogen) atoms. The van der Waals surface area contributed by atoms with Crippen molar-refractivity contribution in [1.82, 2.24) is 5.32 Å². The van der Waals surface area contributed by atoms with Gasteiger partial charge in [-0.25, -0.2) is 0 Å². The number of hydrogen-bond acceptors (Lipinski definition) is 3. The Labute approximate surface area is 148 Å². The number of rotatable bonds is 5. The summed E-state index contributed by atoms with van der Waals surface area (Å²) < 4.78 is 6.58. The summed E-state index contributed by atoms with van der Waals surface area (Å²) in [5.74, 6) is 1.32. The lowest BCUT2D eigenvalue weighted by molar-refractivity contribution is -0.122. The molecular weight excluding hydrogens is 354 g/mol. The van der Waals surface area contributed by atoms with E-state index in [0.29, 0.717) is 12.3 Å². The molecule has 1 aromatic carbocycles. The molecule has 0 atom stereocenters. The van der Waals surface area contributed by atoms with Crippen LogP contribution in [0.2, 0.25) is 0 Å². The van der Waals surface area contributed by atoms with Crippen molar-refractivity contribution in [2.75, 3.05) is 6.61 Å². The maximum Gasteiger partial charge on any atom is 0.170 e. The van der Waals surface area contributed by atoms with Crippen LogP contribution in [0.3, 0.4) is 0 Å². The molecule has 0 aromatic heterocycles. The molecular formula is C19H28BrNO2. The molecule has 1 fully saturated rings. The zero-order valence-electron chi connectivity index (χ0n) is 14.8. The molecule has 1 aliphatic rings. The van der Waals surface area contributed by atoms with Crippen molar-refractivity contribution in [3.63, 3.8) is 0 Å². The lowest BCUT2D eigenvalue weighted by Crippen LogP contribution is -2.58. The van der Waals surface area contributed by atoms with Crippen molar-refractivity contribution in [1.29, 1.82) is 0 Å². The summed E-state index contributed by atoms with van der Waals surface area (Å²) in [5, 5.41) is 3.66. The number of aryl methyl sites for hydroxylation is 1. The summed E-state index contributed by atoms with van der Waals surface area (Å²) in [6, 6.07) is 5.89. The van der Waals surface area contributed by atoms with Gasteiger partial charge in [-0.05, 0) is 87.0 Å². The molecule has 0 amide bonds. The minimum atomic E-state index is 0.0769. The number of ketones is 1. The number of Topliss-reactive ketones (excluding diaryl/α,β-unsaturated/α-hetero) is 1. The number of halogens is 1. The third-order valence-electron chi connectivity index (χ3n) is 4.27. The Hall–Kier alpha value is -0.870. The Balaban J connectivity index is 1.89. The van der Waals surface area contributed by atoms with Gasteiger partial charge in [0.1, 0.15) is 12.4 Å². The second-order valence-electron chi connectivity index (χ2n) is 8.13. The first-order valence-corrected chi connectivity index (χ1v) is 9.06. The normalized spacial score (nSPS) is 20.3. The van der Waals surface area contributed by atoms with Crippen LogP contribution in [0, 0.1) is 12.8 Å². The monoisotopic (exact) mass is 381 g/mol. The summed E-state index contributed by atoms with van der Waals surface area (Å²) in [4.78, 5) is 12.3. The molecule has 0 spiro atoms. The summed E-state index contributed by atoms with van der Waals surface area (Å²) in [7, 11) is 0. The number of ether oxygens (including phenoxy) is 1. The predicted molar refractivity (Wildman–Crippen MR) is 98.0 cm³/mol. The van der Waals surface area contributed by atoms with Crippen LogP contribution in [0.25, 0.3) is 0 Å². The molecule has 4 heteroatoms. The van der Waals surface area contributed by atoms with Gasteiger partial charge in [0.2, 0.25) is 0 Å². The van der Waals surface area contributed by atoms with E-state index in [2.05, 4.69) is 48.9 Å². The Kier molecular flexibility index (Phi) is 5.57. The smallest absolute Gasteiger partial charge is 0.170 e. The van der Waals surface area contributed by atoms with E-state index in [9.17, 15) is 4.79 Å². The Bertz CT molecular complexity index is 565. The minimum Gasteiger partial charge on any atom is -0.485 e. The molecule has 1 N–H and O–H groups in total. The van der Waals surface area contributed by atoms with E-state index in [1.165, 1.54) is 0 Å². The number of piperidine rings is 1. The highest BCUT2D eigenvalue weighted by Gasteiger charge is 2.38. The average Bonchev–Trinajstić information content (AvgIpc) is 2.33. The molecule has 0 bridgehead atoms. The van der Waals surface area contributed by atoms with Crippen LogP contribution in [-0.2, 0) is 4.79 Å². The maximum atomic E-state index is 12.3. The Morgan fingerprint density at radius 2 is 1.87 bits per heavy atom. The zero-order chi connectivity index (χ0) is 17.3. The first-order chi connectivity index (χ1) is 10.6. The summed E-state index contributed by atoms with van der Waals surface area (Å²) >= 11 is 3.48. The van der Waals surface area contributed by atoms with Crippen molar-refractivity contribution in [3.05, 3.63) is 28.2 Å². The minimum absolute atomic E-state index is 0.0769. The van der Waals surface area contributed by atoms with E-state index in [1.54, 1.807) is 0 Å². The first-order valence-electron chi connectivity index (χ1n) is 8.26. The quantitative estimate of drug-likeness (QED) is 0.806. The van der Waals surface area contributed by atoms with E-state index in [0.717, 1.165) is 28.6 Å². The van der Waals surface area contributed by atoms with Crippen LogP contribution in [-0.4, -0.2) is 23.5 Å². The largest absolute Gasteiger partial charge is 0.485 e. The summed E-state index contributed by atoms with van der Waals surface area (Å²) in [6.07, 6.45) is 2.64. The lowest BCUT2D eigenvalue weighted by atomic mass is 9.74. The highest BCUT2D eigenvalue weighted by Crippen LogP contribution is 2.34. The van der Waals surface area contributed by atoms with Crippen molar-refractivity contribution < 1.29 is 9.53 Å². The van der Waals surface area contributed by atoms with Gasteiger partial charge in [-0.3, -0.25) is 4.79 Å². The SMILES string of the molecule is Cc1ccc(OCC(=O)CC2CC(C)(C)NC(C)(C)C2)c(Br)c1. The van der Waals surface area contributed by atoms with E-state index >= 15 is 0 Å². The van der Waals surface area contributed by atoms with E-state index in [4.69, 9.17) is 4.74 Å². The molecule has 1 aliphatic heterocycles. The van der Waals surface area contributed by atoms with Gasteiger partial charge in [-0.2, -0.15) is 0 Å². The lowest BCUT2D eigenvalue weighted by Gasteiger charge is -2.46. The zero-order valence-corrected chi connectivity index (χ0v) is 16.4. The number of carbonyl (C=O) groups excluding carboxylic acids is 1. The predicted octanol–water partition coefficient (Wildman–Crippen LogP) is 4.65. The fourth-order valence-electron chi connectivity index (χ4n) is 3.94. The molecule has 1 heterocycles. The van der Waals surface area contributed by atoms with Gasteiger partial charge in [0.05, 0.1) is 4.47 Å². The van der Waals surface area contributed by atoms with Crippen LogP contribution in [0.4, 0.5) is 0 Å². The molecule has 128 valence electrons. The van der Waals surface area contributed by atoms with Crippen molar-refractivity contribution >= 4 is 21.7 Å².